The number of anilines is 2. The second-order valence-electron chi connectivity index (χ2n) is 2.71. The molecule has 0 fully saturated rings. The van der Waals surface area contributed by atoms with Crippen LogP contribution in [0.5, 0.6) is 0 Å². The predicted molar refractivity (Wildman–Crippen MR) is 51.9 cm³/mol. The molecule has 6 N–H and O–H groups in total. The van der Waals surface area contributed by atoms with E-state index in [1.807, 2.05) is 7.05 Å². The zero-order valence-corrected chi connectivity index (χ0v) is 7.52. The zero-order chi connectivity index (χ0) is 10.1. The van der Waals surface area contributed by atoms with E-state index in [2.05, 4.69) is 25.8 Å². The quantitative estimate of drug-likeness (QED) is 0.355. The summed E-state index contributed by atoms with van der Waals surface area (Å²) in [7, 11) is 1.83. The molecule has 0 amide bonds. The molecule has 0 atom stereocenters. The lowest BCUT2D eigenvalue weighted by Crippen LogP contribution is -2.15. The third-order valence-electron chi connectivity index (χ3n) is 1.84. The fourth-order valence-corrected chi connectivity index (χ4v) is 1.22. The molecule has 0 aromatic carbocycles. The average molecular weight is 194 g/mol. The van der Waals surface area contributed by atoms with E-state index >= 15 is 0 Å². The molecule has 74 valence electrons. The van der Waals surface area contributed by atoms with E-state index in [9.17, 15) is 0 Å². The van der Waals surface area contributed by atoms with E-state index in [1.54, 1.807) is 10.9 Å². The van der Waals surface area contributed by atoms with Crippen molar-refractivity contribution in [1.82, 2.24) is 19.5 Å². The minimum atomic E-state index is 0.268. The number of imidazole rings is 1. The minimum Gasteiger partial charge on any atom is -0.329 e. The van der Waals surface area contributed by atoms with E-state index in [1.165, 1.54) is 0 Å². The van der Waals surface area contributed by atoms with E-state index in [-0.39, 0.29) is 5.95 Å². The van der Waals surface area contributed by atoms with Crippen molar-refractivity contribution in [2.75, 3.05) is 10.9 Å². The van der Waals surface area contributed by atoms with Crippen LogP contribution in [-0.4, -0.2) is 19.5 Å². The van der Waals surface area contributed by atoms with Gasteiger partial charge in [0.25, 0.3) is 0 Å². The molecule has 2 heterocycles. The van der Waals surface area contributed by atoms with Crippen molar-refractivity contribution >= 4 is 22.9 Å². The second-order valence-corrected chi connectivity index (χ2v) is 2.71. The number of aryl methyl sites for hydroxylation is 1. The van der Waals surface area contributed by atoms with Crippen LogP contribution in [0.15, 0.2) is 6.33 Å². The normalized spacial score (nSPS) is 10.5. The van der Waals surface area contributed by atoms with E-state index in [0.717, 1.165) is 5.52 Å². The van der Waals surface area contributed by atoms with Crippen LogP contribution in [0.3, 0.4) is 0 Å². The zero-order valence-electron chi connectivity index (χ0n) is 7.52. The smallest absolute Gasteiger partial charge is 0.241 e. The summed E-state index contributed by atoms with van der Waals surface area (Å²) in [6.07, 6.45) is 1.63. The van der Waals surface area contributed by atoms with Gasteiger partial charge in [-0.05, 0) is 0 Å². The molecule has 0 aliphatic rings. The first kappa shape index (κ1) is 8.66. The predicted octanol–water partition coefficient (Wildman–Crippen LogP) is -1.07. The van der Waals surface area contributed by atoms with Crippen LogP contribution in [0, 0.1) is 0 Å². The number of hydrogen-bond acceptors (Lipinski definition) is 7. The van der Waals surface area contributed by atoms with Crippen LogP contribution in [-0.2, 0) is 7.05 Å². The first-order valence-corrected chi connectivity index (χ1v) is 3.88. The van der Waals surface area contributed by atoms with Crippen LogP contribution in [0.25, 0.3) is 11.2 Å². The molecule has 0 saturated carbocycles. The molecule has 0 bridgehead atoms. The molecule has 0 saturated heterocycles. The summed E-state index contributed by atoms with van der Waals surface area (Å²) in [5, 5.41) is 0. The van der Waals surface area contributed by atoms with Crippen molar-refractivity contribution < 1.29 is 0 Å². The summed E-state index contributed by atoms with van der Waals surface area (Å²) in [5.41, 5.74) is 6.06. The standard InChI is InChI=1S/C6H10N8/c1-14-2-9-4-3(14)5(12-7)11-6(10-4)13-8/h2H,7-8H2,1H3,(H2,10,11,12,13). The van der Waals surface area contributed by atoms with Crippen molar-refractivity contribution in [3.05, 3.63) is 6.33 Å². The van der Waals surface area contributed by atoms with Gasteiger partial charge >= 0.3 is 0 Å². The maximum Gasteiger partial charge on any atom is 0.241 e. The van der Waals surface area contributed by atoms with Gasteiger partial charge in [0.2, 0.25) is 5.95 Å². The molecule has 0 aliphatic heterocycles. The van der Waals surface area contributed by atoms with Crippen LogP contribution in [0.4, 0.5) is 11.8 Å². The van der Waals surface area contributed by atoms with Gasteiger partial charge < -0.3 is 9.99 Å². The monoisotopic (exact) mass is 194 g/mol. The van der Waals surface area contributed by atoms with Crippen molar-refractivity contribution in [3.63, 3.8) is 0 Å². The summed E-state index contributed by atoms with van der Waals surface area (Å²) in [4.78, 5) is 12.1. The Labute approximate surface area is 79.3 Å². The number of fused-ring (bicyclic) bond motifs is 1. The van der Waals surface area contributed by atoms with Gasteiger partial charge in [-0.15, -0.1) is 0 Å². The Morgan fingerprint density at radius 3 is 2.71 bits per heavy atom. The van der Waals surface area contributed by atoms with Gasteiger partial charge in [0.1, 0.15) is 5.52 Å². The highest BCUT2D eigenvalue weighted by molar-refractivity contribution is 5.84. The van der Waals surface area contributed by atoms with Gasteiger partial charge in [-0.3, -0.25) is 5.43 Å². The number of nitrogens with two attached hydrogens (primary N) is 2. The molecule has 8 nitrogen and oxygen atoms in total. The maximum absolute atomic E-state index is 5.32. The van der Waals surface area contributed by atoms with Crippen LogP contribution >= 0.6 is 0 Å². The number of nitrogens with one attached hydrogen (secondary N) is 2. The number of hydrogen-bond donors (Lipinski definition) is 4. The van der Waals surface area contributed by atoms with E-state index in [4.69, 9.17) is 11.7 Å². The topological polar surface area (TPSA) is 120 Å². The molecular formula is C6H10N8. The Balaban J connectivity index is 2.76. The number of nitrogen functional groups attached to an aromatic ring is 2. The van der Waals surface area contributed by atoms with Gasteiger partial charge in [0.05, 0.1) is 6.33 Å². The molecule has 2 rings (SSSR count). The summed E-state index contributed by atoms with van der Waals surface area (Å²) in [6, 6.07) is 0. The summed E-state index contributed by atoms with van der Waals surface area (Å²) in [5.74, 6) is 11.3. The second kappa shape index (κ2) is 3.09. The van der Waals surface area contributed by atoms with Crippen molar-refractivity contribution in [2.24, 2.45) is 18.7 Å². The van der Waals surface area contributed by atoms with Crippen LogP contribution < -0.4 is 22.5 Å². The van der Waals surface area contributed by atoms with Gasteiger partial charge in [-0.1, -0.05) is 0 Å². The lowest BCUT2D eigenvalue weighted by atomic mass is 10.5. The largest absolute Gasteiger partial charge is 0.329 e. The fourth-order valence-electron chi connectivity index (χ4n) is 1.22. The highest BCUT2D eigenvalue weighted by atomic mass is 15.3. The van der Waals surface area contributed by atoms with Gasteiger partial charge in [-0.2, -0.15) is 9.97 Å². The van der Waals surface area contributed by atoms with Crippen molar-refractivity contribution in [1.29, 1.82) is 0 Å². The molecule has 0 aliphatic carbocycles. The van der Waals surface area contributed by atoms with Gasteiger partial charge in [0, 0.05) is 7.05 Å². The lowest BCUT2D eigenvalue weighted by Gasteiger charge is -2.04. The first-order chi connectivity index (χ1) is 6.76. The number of aromatic nitrogens is 4. The third-order valence-corrected chi connectivity index (χ3v) is 1.84. The van der Waals surface area contributed by atoms with E-state index in [0.29, 0.717) is 11.5 Å². The van der Waals surface area contributed by atoms with Crippen molar-refractivity contribution in [3.8, 4) is 0 Å². The number of rotatable bonds is 2. The van der Waals surface area contributed by atoms with Crippen LogP contribution in [0.2, 0.25) is 0 Å². The summed E-state index contributed by atoms with van der Waals surface area (Å²) in [6.45, 7) is 0. The summed E-state index contributed by atoms with van der Waals surface area (Å²) >= 11 is 0. The maximum atomic E-state index is 5.32. The fraction of sp³-hybridized carbons (Fsp3) is 0.167. The Bertz CT molecular complexity index is 460. The molecule has 0 radical (unpaired) electrons. The SMILES string of the molecule is Cn1cnc2nc(NN)nc(NN)c21. The average Bonchev–Trinajstić information content (AvgIpc) is 2.59. The third kappa shape index (κ3) is 1.13. The highest BCUT2D eigenvalue weighted by Gasteiger charge is 2.10. The van der Waals surface area contributed by atoms with Crippen molar-refractivity contribution in [2.45, 2.75) is 0 Å². The molecule has 2 aromatic rings. The Kier molecular flexibility index (Phi) is 1.91. The Morgan fingerprint density at radius 2 is 2.07 bits per heavy atom. The van der Waals surface area contributed by atoms with Crippen LogP contribution in [0.1, 0.15) is 0 Å². The molecule has 0 spiro atoms. The molecule has 14 heavy (non-hydrogen) atoms. The number of hydrazine groups is 2. The van der Waals surface area contributed by atoms with E-state index < -0.39 is 0 Å². The van der Waals surface area contributed by atoms with Gasteiger partial charge in [0.15, 0.2) is 11.5 Å². The minimum absolute atomic E-state index is 0.268. The highest BCUT2D eigenvalue weighted by Crippen LogP contribution is 2.18. The molecular weight excluding hydrogens is 184 g/mol. The molecule has 2 aromatic heterocycles. The molecule has 8 heteroatoms. The first-order valence-electron chi connectivity index (χ1n) is 3.88. The van der Waals surface area contributed by atoms with Gasteiger partial charge in [-0.25, -0.2) is 16.7 Å². The lowest BCUT2D eigenvalue weighted by molar-refractivity contribution is 0.944. The molecule has 0 unspecified atom stereocenters. The Morgan fingerprint density at radius 1 is 1.29 bits per heavy atom. The Hall–Kier alpha value is -1.93. The number of nitrogens with zero attached hydrogens (tertiary/aromatic N) is 4. The summed E-state index contributed by atoms with van der Waals surface area (Å²) < 4.78 is 1.77.